The van der Waals surface area contributed by atoms with Crippen LogP contribution in [-0.4, -0.2) is 111 Å². The molecule has 2 aliphatic heterocycles. The highest BCUT2D eigenvalue weighted by Gasteiger charge is 2.35. The van der Waals surface area contributed by atoms with Crippen molar-refractivity contribution in [2.75, 3.05) is 64.9 Å². The topological polar surface area (TPSA) is 129 Å². The van der Waals surface area contributed by atoms with Crippen molar-refractivity contribution in [3.8, 4) is 5.75 Å². The number of carbonyl (C=O) groups excluding carboxylic acids is 2. The van der Waals surface area contributed by atoms with Crippen LogP contribution in [0.15, 0.2) is 39.9 Å². The van der Waals surface area contributed by atoms with Gasteiger partial charge in [0.15, 0.2) is 0 Å². The zero-order chi connectivity index (χ0) is 28.9. The summed E-state index contributed by atoms with van der Waals surface area (Å²) in [4.78, 5) is 30.1. The zero-order valence-corrected chi connectivity index (χ0v) is 24.7. The van der Waals surface area contributed by atoms with E-state index in [4.69, 9.17) is 9.47 Å². The van der Waals surface area contributed by atoms with Gasteiger partial charge in [0.1, 0.15) is 16.1 Å². The fourth-order valence-corrected chi connectivity index (χ4v) is 7.13. The minimum atomic E-state index is -3.70. The smallest absolute Gasteiger partial charge is 0.258 e. The van der Waals surface area contributed by atoms with Gasteiger partial charge < -0.3 is 24.8 Å². The summed E-state index contributed by atoms with van der Waals surface area (Å²) in [5.41, 5.74) is 0.703. The molecule has 2 aliphatic rings. The summed E-state index contributed by atoms with van der Waals surface area (Å²) in [7, 11) is -2.19. The molecule has 0 radical (unpaired) electrons. The number of thiophene rings is 1. The lowest BCUT2D eigenvalue weighted by molar-refractivity contribution is -0.116. The van der Waals surface area contributed by atoms with E-state index in [0.717, 1.165) is 24.4 Å². The molecule has 0 bridgehead atoms. The molecule has 0 spiro atoms. The van der Waals surface area contributed by atoms with Crippen LogP contribution in [-0.2, 0) is 19.6 Å². The number of nitrogens with zero attached hydrogens (tertiary/aromatic N) is 3. The monoisotopic (exact) mass is 594 g/mol. The van der Waals surface area contributed by atoms with Gasteiger partial charge in [-0.25, -0.2) is 8.42 Å². The molecule has 0 saturated carbocycles. The maximum absolute atomic E-state index is 13.6. The van der Waals surface area contributed by atoms with Crippen LogP contribution in [0.5, 0.6) is 5.75 Å². The molecular formula is C27H38N4O7S2. The van der Waals surface area contributed by atoms with E-state index in [0.29, 0.717) is 37.6 Å². The Hall–Kier alpha value is -2.55. The summed E-state index contributed by atoms with van der Waals surface area (Å²) < 4.78 is 39.3. The number of amides is 2. The van der Waals surface area contributed by atoms with E-state index in [1.807, 2.05) is 6.92 Å². The Morgan fingerprint density at radius 2 is 2.02 bits per heavy atom. The first-order chi connectivity index (χ1) is 19.1. The molecule has 2 amide bonds. The van der Waals surface area contributed by atoms with Gasteiger partial charge in [-0.1, -0.05) is 13.0 Å². The summed E-state index contributed by atoms with van der Waals surface area (Å²) in [5, 5.41) is 14.5. The molecule has 2 N–H and O–H groups in total. The van der Waals surface area contributed by atoms with Crippen molar-refractivity contribution in [3.63, 3.8) is 0 Å². The third-order valence-electron chi connectivity index (χ3n) is 7.30. The summed E-state index contributed by atoms with van der Waals surface area (Å²) in [6.45, 7) is 7.26. The second kappa shape index (κ2) is 13.4. The van der Waals surface area contributed by atoms with Gasteiger partial charge in [0.05, 0.1) is 38.0 Å². The van der Waals surface area contributed by atoms with E-state index >= 15 is 0 Å². The van der Waals surface area contributed by atoms with Crippen molar-refractivity contribution in [1.82, 2.24) is 14.1 Å². The van der Waals surface area contributed by atoms with E-state index in [9.17, 15) is 23.1 Å². The molecule has 1 aromatic carbocycles. The van der Waals surface area contributed by atoms with Crippen LogP contribution >= 0.6 is 11.3 Å². The normalized spacial score (nSPS) is 21.3. The summed E-state index contributed by atoms with van der Waals surface area (Å²) in [5.74, 6) is -0.444. The molecule has 13 heteroatoms. The van der Waals surface area contributed by atoms with E-state index in [1.54, 1.807) is 47.5 Å². The van der Waals surface area contributed by atoms with Gasteiger partial charge in [0, 0.05) is 51.3 Å². The standard InChI is InChI=1S/C27H38N4O7S2/c1-19-16-31(20(2)18-32)27(34)22-15-21(28-25(33)8-9-30-10-12-37-13-11-30)6-7-23(22)38-24(19)17-29(3)40(35,36)26-5-4-14-39-26/h4-7,14-15,19-20,24,32H,8-13,16-18H2,1-3H3,(H,28,33)/t19-,20-,24+/m0/s1. The Balaban J connectivity index is 1.55. The van der Waals surface area contributed by atoms with Gasteiger partial charge in [0.2, 0.25) is 5.91 Å². The Morgan fingerprint density at radius 3 is 2.70 bits per heavy atom. The van der Waals surface area contributed by atoms with Crippen LogP contribution in [0.1, 0.15) is 30.6 Å². The highest BCUT2D eigenvalue weighted by molar-refractivity contribution is 7.91. The highest BCUT2D eigenvalue weighted by Crippen LogP contribution is 2.31. The van der Waals surface area contributed by atoms with Crippen LogP contribution in [0.3, 0.4) is 0 Å². The van der Waals surface area contributed by atoms with E-state index in [-0.39, 0.29) is 47.2 Å². The predicted octanol–water partition coefficient (Wildman–Crippen LogP) is 1.95. The second-order valence-electron chi connectivity index (χ2n) is 10.3. The maximum Gasteiger partial charge on any atom is 0.258 e. The van der Waals surface area contributed by atoms with Gasteiger partial charge in [-0.05, 0) is 36.6 Å². The number of hydrogen-bond acceptors (Lipinski definition) is 9. The Labute approximate surface area is 239 Å². The average Bonchev–Trinajstić information content (AvgIpc) is 3.50. The molecule has 2 aromatic rings. The minimum absolute atomic E-state index is 0.0659. The fourth-order valence-electron chi connectivity index (χ4n) is 4.74. The highest BCUT2D eigenvalue weighted by atomic mass is 32.2. The first-order valence-electron chi connectivity index (χ1n) is 13.4. The Morgan fingerprint density at radius 1 is 1.27 bits per heavy atom. The van der Waals surface area contributed by atoms with Crippen molar-refractivity contribution in [2.24, 2.45) is 5.92 Å². The van der Waals surface area contributed by atoms with Crippen molar-refractivity contribution in [3.05, 3.63) is 41.3 Å². The number of fused-ring (bicyclic) bond motifs is 1. The number of benzene rings is 1. The third-order valence-corrected chi connectivity index (χ3v) is 10.5. The number of rotatable bonds is 10. The molecular weight excluding hydrogens is 556 g/mol. The molecule has 1 aromatic heterocycles. The van der Waals surface area contributed by atoms with Crippen molar-refractivity contribution >= 4 is 38.9 Å². The summed E-state index contributed by atoms with van der Waals surface area (Å²) in [6, 6.07) is 7.67. The molecule has 4 rings (SSSR count). The summed E-state index contributed by atoms with van der Waals surface area (Å²) >= 11 is 1.15. The van der Waals surface area contributed by atoms with Crippen molar-refractivity contribution in [1.29, 1.82) is 0 Å². The Bertz CT molecular complexity index is 1270. The lowest BCUT2D eigenvalue weighted by Gasteiger charge is -2.38. The van der Waals surface area contributed by atoms with Crippen LogP contribution in [0.4, 0.5) is 5.69 Å². The average molecular weight is 595 g/mol. The molecule has 0 aliphatic carbocycles. The quantitative estimate of drug-likeness (QED) is 0.427. The van der Waals surface area contributed by atoms with Crippen LogP contribution in [0.25, 0.3) is 0 Å². The molecule has 1 saturated heterocycles. The van der Waals surface area contributed by atoms with Crippen LogP contribution in [0, 0.1) is 5.92 Å². The number of morpholine rings is 1. The third kappa shape index (κ3) is 7.20. The van der Waals surface area contributed by atoms with E-state index in [2.05, 4.69) is 10.2 Å². The lowest BCUT2D eigenvalue weighted by atomic mass is 9.99. The molecule has 40 heavy (non-hydrogen) atoms. The molecule has 1 fully saturated rings. The molecule has 3 atom stereocenters. The first kappa shape index (κ1) is 30.4. The second-order valence-corrected chi connectivity index (χ2v) is 13.5. The number of carbonyl (C=O) groups is 2. The SMILES string of the molecule is C[C@H]1CN([C@@H](C)CO)C(=O)c2cc(NC(=O)CCN3CCOCC3)ccc2O[C@@H]1CN(C)S(=O)(=O)c1cccs1. The molecule has 0 unspecified atom stereocenters. The lowest BCUT2D eigenvalue weighted by Crippen LogP contribution is -2.50. The molecule has 11 nitrogen and oxygen atoms in total. The zero-order valence-electron chi connectivity index (χ0n) is 23.1. The van der Waals surface area contributed by atoms with Gasteiger partial charge in [-0.15, -0.1) is 11.3 Å². The number of ether oxygens (including phenoxy) is 2. The van der Waals surface area contributed by atoms with Crippen molar-refractivity contribution < 1.29 is 32.6 Å². The minimum Gasteiger partial charge on any atom is -0.488 e. The van der Waals surface area contributed by atoms with E-state index in [1.165, 1.54) is 11.4 Å². The summed E-state index contributed by atoms with van der Waals surface area (Å²) in [6.07, 6.45) is -0.270. The number of aliphatic hydroxyl groups is 1. The van der Waals surface area contributed by atoms with Crippen molar-refractivity contribution in [2.45, 2.75) is 36.6 Å². The van der Waals surface area contributed by atoms with Gasteiger partial charge in [-0.2, -0.15) is 4.31 Å². The number of likely N-dealkylation sites (N-methyl/N-ethyl adjacent to an activating group) is 1. The predicted molar refractivity (Wildman–Crippen MR) is 152 cm³/mol. The van der Waals surface area contributed by atoms with Gasteiger partial charge in [-0.3, -0.25) is 14.5 Å². The first-order valence-corrected chi connectivity index (χ1v) is 15.7. The van der Waals surface area contributed by atoms with Gasteiger partial charge in [0.25, 0.3) is 15.9 Å². The fraction of sp³-hybridized carbons (Fsp3) is 0.556. The maximum atomic E-state index is 13.6. The number of sulfonamides is 1. The number of hydrogen-bond donors (Lipinski definition) is 2. The number of anilines is 1. The molecule has 3 heterocycles. The number of aliphatic hydroxyl groups excluding tert-OH is 1. The molecule has 220 valence electrons. The van der Waals surface area contributed by atoms with Crippen LogP contribution < -0.4 is 10.1 Å². The van der Waals surface area contributed by atoms with E-state index < -0.39 is 22.2 Å². The van der Waals surface area contributed by atoms with Crippen LogP contribution in [0.2, 0.25) is 0 Å². The number of nitrogens with one attached hydrogen (secondary N) is 1. The largest absolute Gasteiger partial charge is 0.488 e. The van der Waals surface area contributed by atoms with Gasteiger partial charge >= 0.3 is 0 Å². The Kier molecular flexibility index (Phi) is 10.2.